The van der Waals surface area contributed by atoms with Gasteiger partial charge in [0.05, 0.1) is 5.02 Å². The van der Waals surface area contributed by atoms with Crippen LogP contribution in [0.5, 0.6) is 5.75 Å². The zero-order valence-electron chi connectivity index (χ0n) is 8.61. The third-order valence-electron chi connectivity index (χ3n) is 2.52. The predicted molar refractivity (Wildman–Crippen MR) is 63.3 cm³/mol. The summed E-state index contributed by atoms with van der Waals surface area (Å²) in [6.45, 7) is 0. The van der Waals surface area contributed by atoms with Crippen molar-refractivity contribution in [3.8, 4) is 5.75 Å². The normalized spacial score (nSPS) is 20.3. The van der Waals surface area contributed by atoms with Crippen molar-refractivity contribution in [2.75, 3.05) is 0 Å². The van der Waals surface area contributed by atoms with Crippen LogP contribution in [0.2, 0.25) is 5.02 Å². The van der Waals surface area contributed by atoms with Gasteiger partial charge in [-0.15, -0.1) is 0 Å². The van der Waals surface area contributed by atoms with Gasteiger partial charge in [-0.2, -0.15) is 0 Å². The number of halogens is 1. The highest BCUT2D eigenvalue weighted by Crippen LogP contribution is 2.24. The molecule has 2 rings (SSSR count). The van der Waals surface area contributed by atoms with E-state index >= 15 is 0 Å². The van der Waals surface area contributed by atoms with Gasteiger partial charge < -0.3 is 10.4 Å². The minimum atomic E-state index is 0.0768. The second-order valence-electron chi connectivity index (χ2n) is 3.78. The first-order valence-electron chi connectivity index (χ1n) is 5.11. The standard InChI is InChI=1S/C12H12ClNO2/c13-10-7-8(2-5-11(10)15)1-3-9-4-6-12(16)14-9/h1-3,5,7,9,15H,4,6H2,(H,14,16)/b3-1+/t9-/m0/s1. The molecule has 0 unspecified atom stereocenters. The Labute approximate surface area is 98.7 Å². The summed E-state index contributed by atoms with van der Waals surface area (Å²) in [5.41, 5.74) is 0.906. The molecule has 4 heteroatoms. The minimum absolute atomic E-state index is 0.0768. The van der Waals surface area contributed by atoms with Crippen LogP contribution >= 0.6 is 11.6 Å². The Morgan fingerprint density at radius 1 is 1.50 bits per heavy atom. The lowest BCUT2D eigenvalue weighted by Gasteiger charge is -2.03. The first kappa shape index (κ1) is 11.0. The quantitative estimate of drug-likeness (QED) is 0.830. The van der Waals surface area contributed by atoms with Gasteiger partial charge in [0.1, 0.15) is 5.75 Å². The topological polar surface area (TPSA) is 49.3 Å². The van der Waals surface area contributed by atoms with Gasteiger partial charge in [-0.25, -0.2) is 0 Å². The first-order valence-corrected chi connectivity index (χ1v) is 5.49. The summed E-state index contributed by atoms with van der Waals surface area (Å²) >= 11 is 5.78. The molecule has 16 heavy (non-hydrogen) atoms. The lowest BCUT2D eigenvalue weighted by Crippen LogP contribution is -2.22. The highest BCUT2D eigenvalue weighted by atomic mass is 35.5. The summed E-state index contributed by atoms with van der Waals surface area (Å²) in [6, 6.07) is 5.12. The van der Waals surface area contributed by atoms with Crippen LogP contribution in [-0.2, 0) is 4.79 Å². The second kappa shape index (κ2) is 4.58. The largest absolute Gasteiger partial charge is 0.506 e. The molecule has 0 bridgehead atoms. The van der Waals surface area contributed by atoms with E-state index in [0.717, 1.165) is 12.0 Å². The van der Waals surface area contributed by atoms with E-state index in [1.165, 1.54) is 0 Å². The molecule has 0 radical (unpaired) electrons. The Morgan fingerprint density at radius 2 is 2.31 bits per heavy atom. The maximum Gasteiger partial charge on any atom is 0.220 e. The van der Waals surface area contributed by atoms with Crippen molar-refractivity contribution in [3.05, 3.63) is 34.9 Å². The maximum absolute atomic E-state index is 11.0. The van der Waals surface area contributed by atoms with Crippen molar-refractivity contribution < 1.29 is 9.90 Å². The number of hydrogen-bond acceptors (Lipinski definition) is 2. The Bertz CT molecular complexity index is 443. The highest BCUT2D eigenvalue weighted by molar-refractivity contribution is 6.32. The summed E-state index contributed by atoms with van der Waals surface area (Å²) in [7, 11) is 0. The van der Waals surface area contributed by atoms with E-state index < -0.39 is 0 Å². The summed E-state index contributed by atoms with van der Waals surface area (Å²) in [4.78, 5) is 11.0. The molecule has 2 N–H and O–H groups in total. The molecule has 0 aliphatic carbocycles. The molecule has 1 aliphatic rings. The Morgan fingerprint density at radius 3 is 2.94 bits per heavy atom. The predicted octanol–water partition coefficient (Wildman–Crippen LogP) is 2.34. The van der Waals surface area contributed by atoms with E-state index in [0.29, 0.717) is 11.4 Å². The molecule has 1 aliphatic heterocycles. The number of carbonyl (C=O) groups excluding carboxylic acids is 1. The van der Waals surface area contributed by atoms with Crippen LogP contribution in [0.4, 0.5) is 0 Å². The number of phenols is 1. The van der Waals surface area contributed by atoms with Crippen molar-refractivity contribution in [1.29, 1.82) is 0 Å². The first-order chi connectivity index (χ1) is 7.65. The van der Waals surface area contributed by atoms with Gasteiger partial charge in [-0.1, -0.05) is 29.8 Å². The summed E-state index contributed by atoms with van der Waals surface area (Å²) in [6.07, 6.45) is 5.25. The molecule has 1 amide bonds. The number of rotatable bonds is 2. The molecule has 0 saturated carbocycles. The lowest BCUT2D eigenvalue weighted by atomic mass is 10.1. The van der Waals surface area contributed by atoms with Crippen LogP contribution in [0.15, 0.2) is 24.3 Å². The average molecular weight is 238 g/mol. The van der Waals surface area contributed by atoms with Gasteiger partial charge in [0.25, 0.3) is 0 Å². The monoisotopic (exact) mass is 237 g/mol. The van der Waals surface area contributed by atoms with Crippen molar-refractivity contribution >= 4 is 23.6 Å². The molecule has 0 spiro atoms. The van der Waals surface area contributed by atoms with Gasteiger partial charge in [0.2, 0.25) is 5.91 Å². The Balaban J connectivity index is 2.06. The average Bonchev–Trinajstić information content (AvgIpc) is 2.66. The third-order valence-corrected chi connectivity index (χ3v) is 2.82. The minimum Gasteiger partial charge on any atom is -0.506 e. The molecule has 1 aromatic rings. The molecular formula is C12H12ClNO2. The van der Waals surface area contributed by atoms with Crippen molar-refractivity contribution in [2.45, 2.75) is 18.9 Å². The SMILES string of the molecule is O=C1CC[C@H](/C=C/c2ccc(O)c(Cl)c2)N1. The van der Waals surface area contributed by atoms with E-state index in [1.54, 1.807) is 18.2 Å². The van der Waals surface area contributed by atoms with Crippen LogP contribution < -0.4 is 5.32 Å². The van der Waals surface area contributed by atoms with Crippen LogP contribution in [0.1, 0.15) is 18.4 Å². The Kier molecular flexibility index (Phi) is 3.15. The maximum atomic E-state index is 11.0. The van der Waals surface area contributed by atoms with E-state index in [-0.39, 0.29) is 17.7 Å². The fourth-order valence-electron chi connectivity index (χ4n) is 1.64. The van der Waals surface area contributed by atoms with Gasteiger partial charge in [0.15, 0.2) is 0 Å². The Hall–Kier alpha value is -1.48. The van der Waals surface area contributed by atoms with Crippen LogP contribution in [0.3, 0.4) is 0 Å². The van der Waals surface area contributed by atoms with Gasteiger partial charge in [-0.05, 0) is 24.1 Å². The van der Waals surface area contributed by atoms with E-state index in [1.807, 2.05) is 12.2 Å². The van der Waals surface area contributed by atoms with Crippen LogP contribution in [0.25, 0.3) is 6.08 Å². The van der Waals surface area contributed by atoms with E-state index in [9.17, 15) is 9.90 Å². The van der Waals surface area contributed by atoms with Crippen molar-refractivity contribution in [3.63, 3.8) is 0 Å². The summed E-state index contributed by atoms with van der Waals surface area (Å²) in [5, 5.41) is 12.4. The molecule has 1 saturated heterocycles. The molecular weight excluding hydrogens is 226 g/mol. The van der Waals surface area contributed by atoms with Gasteiger partial charge >= 0.3 is 0 Å². The van der Waals surface area contributed by atoms with E-state index in [2.05, 4.69) is 5.32 Å². The third kappa shape index (κ3) is 2.55. The zero-order valence-corrected chi connectivity index (χ0v) is 9.37. The fourth-order valence-corrected chi connectivity index (χ4v) is 1.83. The molecule has 1 atom stereocenters. The second-order valence-corrected chi connectivity index (χ2v) is 4.19. The lowest BCUT2D eigenvalue weighted by molar-refractivity contribution is -0.119. The fraction of sp³-hybridized carbons (Fsp3) is 0.250. The summed E-state index contributed by atoms with van der Waals surface area (Å²) in [5.74, 6) is 0.173. The number of benzene rings is 1. The van der Waals surface area contributed by atoms with Crippen LogP contribution in [-0.4, -0.2) is 17.1 Å². The van der Waals surface area contributed by atoms with Crippen molar-refractivity contribution in [1.82, 2.24) is 5.32 Å². The number of hydrogen-bond donors (Lipinski definition) is 2. The molecule has 84 valence electrons. The van der Waals surface area contributed by atoms with Gasteiger partial charge in [-0.3, -0.25) is 4.79 Å². The van der Waals surface area contributed by atoms with Gasteiger partial charge in [0, 0.05) is 12.5 Å². The molecule has 1 heterocycles. The van der Waals surface area contributed by atoms with Crippen LogP contribution in [0, 0.1) is 0 Å². The smallest absolute Gasteiger partial charge is 0.220 e. The zero-order chi connectivity index (χ0) is 11.5. The van der Waals surface area contributed by atoms with E-state index in [4.69, 9.17) is 11.6 Å². The highest BCUT2D eigenvalue weighted by Gasteiger charge is 2.17. The summed E-state index contributed by atoms with van der Waals surface area (Å²) < 4.78 is 0. The molecule has 1 fully saturated rings. The number of amides is 1. The number of aromatic hydroxyl groups is 1. The molecule has 3 nitrogen and oxygen atoms in total. The van der Waals surface area contributed by atoms with Crippen molar-refractivity contribution in [2.24, 2.45) is 0 Å². The molecule has 0 aromatic heterocycles. The number of phenolic OH excluding ortho intramolecular Hbond substituents is 1. The number of carbonyl (C=O) groups is 1. The number of nitrogens with one attached hydrogen (secondary N) is 1. The molecule has 1 aromatic carbocycles.